The molecule has 1 aromatic carbocycles. The molecule has 0 fully saturated rings. The highest BCUT2D eigenvalue weighted by atomic mass is 19.1. The summed E-state index contributed by atoms with van der Waals surface area (Å²) in [6.07, 6.45) is 1.64. The van der Waals surface area contributed by atoms with Gasteiger partial charge in [-0.1, -0.05) is 19.4 Å². The van der Waals surface area contributed by atoms with Crippen molar-refractivity contribution in [3.8, 4) is 0 Å². The number of aliphatic hydroxyl groups is 1. The fourth-order valence-corrected chi connectivity index (χ4v) is 1.59. The van der Waals surface area contributed by atoms with Crippen molar-refractivity contribution in [3.63, 3.8) is 0 Å². The van der Waals surface area contributed by atoms with Crippen LogP contribution in [0.5, 0.6) is 0 Å². The predicted octanol–water partition coefficient (Wildman–Crippen LogP) is 2.59. The van der Waals surface area contributed by atoms with Gasteiger partial charge in [-0.15, -0.1) is 0 Å². The summed E-state index contributed by atoms with van der Waals surface area (Å²) < 4.78 is 26.8. The Morgan fingerprint density at radius 1 is 1.32 bits per heavy atom. The van der Waals surface area contributed by atoms with Crippen molar-refractivity contribution in [2.24, 2.45) is 0 Å². The van der Waals surface area contributed by atoms with Gasteiger partial charge >= 0.3 is 6.03 Å². The van der Waals surface area contributed by atoms with E-state index in [1.165, 1.54) is 11.0 Å². The molecule has 0 heterocycles. The molecule has 0 spiro atoms. The molecule has 106 valence electrons. The van der Waals surface area contributed by atoms with Crippen LogP contribution in [0.2, 0.25) is 0 Å². The summed E-state index contributed by atoms with van der Waals surface area (Å²) >= 11 is 0. The highest BCUT2D eigenvalue weighted by Gasteiger charge is 2.16. The largest absolute Gasteiger partial charge is 0.395 e. The maximum atomic E-state index is 13.4. The van der Waals surface area contributed by atoms with Gasteiger partial charge < -0.3 is 15.3 Å². The van der Waals surface area contributed by atoms with Gasteiger partial charge in [0.1, 0.15) is 17.3 Å². The zero-order valence-electron chi connectivity index (χ0n) is 10.8. The van der Waals surface area contributed by atoms with Gasteiger partial charge in [-0.25, -0.2) is 13.6 Å². The number of urea groups is 1. The predicted molar refractivity (Wildman–Crippen MR) is 68.9 cm³/mol. The Hall–Kier alpha value is -1.69. The van der Waals surface area contributed by atoms with Crippen molar-refractivity contribution < 1.29 is 18.7 Å². The molecule has 19 heavy (non-hydrogen) atoms. The van der Waals surface area contributed by atoms with Crippen molar-refractivity contribution in [1.82, 2.24) is 4.90 Å². The van der Waals surface area contributed by atoms with E-state index in [4.69, 9.17) is 5.11 Å². The maximum Gasteiger partial charge on any atom is 0.322 e. The molecule has 0 saturated carbocycles. The SMILES string of the molecule is CCCCN(CCO)C(=O)Nc1c(F)cccc1F. The number of rotatable bonds is 6. The third-order valence-electron chi connectivity index (χ3n) is 2.63. The highest BCUT2D eigenvalue weighted by Crippen LogP contribution is 2.18. The average molecular weight is 272 g/mol. The lowest BCUT2D eigenvalue weighted by Gasteiger charge is -2.22. The van der Waals surface area contributed by atoms with Gasteiger partial charge in [0.05, 0.1) is 6.61 Å². The molecule has 0 aromatic heterocycles. The van der Waals surface area contributed by atoms with Gasteiger partial charge in [-0.2, -0.15) is 0 Å². The van der Waals surface area contributed by atoms with Gasteiger partial charge in [-0.05, 0) is 18.6 Å². The van der Waals surface area contributed by atoms with E-state index in [-0.39, 0.29) is 13.2 Å². The van der Waals surface area contributed by atoms with E-state index in [1.807, 2.05) is 6.92 Å². The number of nitrogens with one attached hydrogen (secondary N) is 1. The van der Waals surface area contributed by atoms with Crippen LogP contribution in [0.1, 0.15) is 19.8 Å². The van der Waals surface area contributed by atoms with Crippen LogP contribution in [-0.4, -0.2) is 35.7 Å². The third kappa shape index (κ3) is 4.48. The number of hydrogen-bond acceptors (Lipinski definition) is 2. The lowest BCUT2D eigenvalue weighted by Crippen LogP contribution is -2.38. The van der Waals surface area contributed by atoms with Gasteiger partial charge in [0.15, 0.2) is 0 Å². The Bertz CT molecular complexity index is 407. The fourth-order valence-electron chi connectivity index (χ4n) is 1.59. The number of amides is 2. The molecule has 0 aliphatic rings. The summed E-state index contributed by atoms with van der Waals surface area (Å²) in [6.45, 7) is 2.32. The molecule has 2 amide bonds. The molecule has 1 rings (SSSR count). The number of unbranched alkanes of at least 4 members (excludes halogenated alkanes) is 1. The summed E-state index contributed by atoms with van der Waals surface area (Å²) in [4.78, 5) is 13.2. The van der Waals surface area contributed by atoms with E-state index < -0.39 is 23.4 Å². The smallest absolute Gasteiger partial charge is 0.322 e. The molecule has 0 aliphatic heterocycles. The first-order valence-electron chi connectivity index (χ1n) is 6.21. The van der Waals surface area contributed by atoms with Crippen LogP contribution in [-0.2, 0) is 0 Å². The minimum atomic E-state index is -0.826. The lowest BCUT2D eigenvalue weighted by atomic mass is 10.3. The molecule has 0 radical (unpaired) electrons. The van der Waals surface area contributed by atoms with Crippen molar-refractivity contribution in [2.45, 2.75) is 19.8 Å². The quantitative estimate of drug-likeness (QED) is 0.836. The standard InChI is InChI=1S/C13H18F2N2O2/c1-2-3-7-17(8-9-18)13(19)16-12-10(14)5-4-6-11(12)15/h4-6,18H,2-3,7-9H2,1H3,(H,16,19). The second-order valence-corrected chi connectivity index (χ2v) is 4.09. The van der Waals surface area contributed by atoms with Crippen LogP contribution in [0.4, 0.5) is 19.3 Å². The Kier molecular flexibility index (Phi) is 6.21. The van der Waals surface area contributed by atoms with Crippen LogP contribution in [0.25, 0.3) is 0 Å². The van der Waals surface area contributed by atoms with Crippen LogP contribution in [0.3, 0.4) is 0 Å². The number of carbonyl (C=O) groups is 1. The molecule has 0 aliphatic carbocycles. The molecule has 2 N–H and O–H groups in total. The average Bonchev–Trinajstić information content (AvgIpc) is 2.38. The van der Waals surface area contributed by atoms with Crippen molar-refractivity contribution in [1.29, 1.82) is 0 Å². The van der Waals surface area contributed by atoms with Crippen molar-refractivity contribution >= 4 is 11.7 Å². The van der Waals surface area contributed by atoms with E-state index in [2.05, 4.69) is 5.32 Å². The molecule has 1 aromatic rings. The van der Waals surface area contributed by atoms with Crippen molar-refractivity contribution in [2.75, 3.05) is 25.0 Å². The number of hydrogen-bond donors (Lipinski definition) is 2. The third-order valence-corrected chi connectivity index (χ3v) is 2.63. The molecule has 0 atom stereocenters. The van der Waals surface area contributed by atoms with E-state index in [0.717, 1.165) is 25.0 Å². The first-order valence-corrected chi connectivity index (χ1v) is 6.21. The normalized spacial score (nSPS) is 10.3. The summed E-state index contributed by atoms with van der Waals surface area (Å²) in [6, 6.07) is 2.75. The molecule has 6 heteroatoms. The van der Waals surface area contributed by atoms with Crippen LogP contribution < -0.4 is 5.32 Å². The fraction of sp³-hybridized carbons (Fsp3) is 0.462. The van der Waals surface area contributed by atoms with Crippen LogP contribution in [0.15, 0.2) is 18.2 Å². The van der Waals surface area contributed by atoms with Crippen LogP contribution >= 0.6 is 0 Å². The molecule has 0 unspecified atom stereocenters. The number of para-hydroxylation sites is 1. The number of halogens is 2. The summed E-state index contributed by atoms with van der Waals surface area (Å²) in [5.41, 5.74) is -0.466. The Morgan fingerprint density at radius 2 is 1.95 bits per heavy atom. The molecule has 0 bridgehead atoms. The van der Waals surface area contributed by atoms with Gasteiger partial charge in [-0.3, -0.25) is 0 Å². The minimum absolute atomic E-state index is 0.127. The number of aliphatic hydroxyl groups excluding tert-OH is 1. The van der Waals surface area contributed by atoms with E-state index in [1.54, 1.807) is 0 Å². The summed E-state index contributed by atoms with van der Waals surface area (Å²) in [5.74, 6) is -1.65. The van der Waals surface area contributed by atoms with E-state index in [0.29, 0.717) is 6.54 Å². The monoisotopic (exact) mass is 272 g/mol. The number of anilines is 1. The van der Waals surface area contributed by atoms with E-state index >= 15 is 0 Å². The Morgan fingerprint density at radius 3 is 2.47 bits per heavy atom. The lowest BCUT2D eigenvalue weighted by molar-refractivity contribution is 0.187. The highest BCUT2D eigenvalue weighted by molar-refractivity contribution is 5.89. The maximum absolute atomic E-state index is 13.4. The summed E-state index contributed by atoms with van der Waals surface area (Å²) in [5, 5.41) is 11.1. The van der Waals surface area contributed by atoms with Gasteiger partial charge in [0.25, 0.3) is 0 Å². The second-order valence-electron chi connectivity index (χ2n) is 4.09. The number of carbonyl (C=O) groups excluding carboxylic acids is 1. The molecule has 4 nitrogen and oxygen atoms in total. The Labute approximate surface area is 111 Å². The molecule has 0 saturated heterocycles. The zero-order chi connectivity index (χ0) is 14.3. The topological polar surface area (TPSA) is 52.6 Å². The molecular weight excluding hydrogens is 254 g/mol. The zero-order valence-corrected chi connectivity index (χ0v) is 10.8. The summed E-state index contributed by atoms with van der Waals surface area (Å²) in [7, 11) is 0. The first kappa shape index (κ1) is 15.4. The second kappa shape index (κ2) is 7.68. The van der Waals surface area contributed by atoms with Gasteiger partial charge in [0, 0.05) is 13.1 Å². The Balaban J connectivity index is 2.75. The van der Waals surface area contributed by atoms with Crippen LogP contribution in [0, 0.1) is 11.6 Å². The van der Waals surface area contributed by atoms with Crippen molar-refractivity contribution in [3.05, 3.63) is 29.8 Å². The minimum Gasteiger partial charge on any atom is -0.395 e. The molecular formula is C13H18F2N2O2. The first-order chi connectivity index (χ1) is 9.10. The number of nitrogens with zero attached hydrogens (tertiary/aromatic N) is 1. The number of benzene rings is 1. The van der Waals surface area contributed by atoms with Gasteiger partial charge in [0.2, 0.25) is 0 Å². The van der Waals surface area contributed by atoms with E-state index in [9.17, 15) is 13.6 Å².